The zero-order valence-corrected chi connectivity index (χ0v) is 16.5. The van der Waals surface area contributed by atoms with Crippen molar-refractivity contribution in [3.63, 3.8) is 0 Å². The van der Waals surface area contributed by atoms with Crippen LogP contribution < -0.4 is 4.72 Å². The molecule has 0 aliphatic rings. The summed E-state index contributed by atoms with van der Waals surface area (Å²) in [7, 11) is -4.38. The number of phenols is 1. The van der Waals surface area contributed by atoms with Crippen molar-refractivity contribution in [2.75, 3.05) is 4.72 Å². The summed E-state index contributed by atoms with van der Waals surface area (Å²) < 4.78 is 66.9. The molecule has 0 radical (unpaired) electrons. The summed E-state index contributed by atoms with van der Waals surface area (Å²) >= 11 is 0. The van der Waals surface area contributed by atoms with E-state index in [0.29, 0.717) is 17.2 Å². The van der Waals surface area contributed by atoms with Gasteiger partial charge >= 0.3 is 6.18 Å². The molecule has 2 aromatic rings. The smallest absolute Gasteiger partial charge is 0.417 e. The maximum Gasteiger partial charge on any atom is 0.417 e. The van der Waals surface area contributed by atoms with Gasteiger partial charge in [-0.15, -0.1) is 0 Å². The summed E-state index contributed by atoms with van der Waals surface area (Å²) in [5, 5.41) is 19.3. The molecule has 28 heavy (non-hydrogen) atoms. The van der Waals surface area contributed by atoms with E-state index in [2.05, 4.69) is 0 Å². The molecule has 0 spiro atoms. The van der Waals surface area contributed by atoms with Gasteiger partial charge in [-0.25, -0.2) is 8.42 Å². The van der Waals surface area contributed by atoms with Crippen LogP contribution in [-0.4, -0.2) is 13.5 Å². The van der Waals surface area contributed by atoms with E-state index >= 15 is 0 Å². The summed E-state index contributed by atoms with van der Waals surface area (Å²) in [5.41, 5.74) is -1.84. The maximum absolute atomic E-state index is 13.1. The molecule has 9 heteroatoms. The van der Waals surface area contributed by atoms with Gasteiger partial charge < -0.3 is 5.11 Å². The zero-order chi connectivity index (χ0) is 21.5. The molecular formula is C19H19F3N2O3S. The van der Waals surface area contributed by atoms with E-state index in [0.717, 1.165) is 12.1 Å². The second kappa shape index (κ2) is 7.02. The molecule has 0 atom stereocenters. The van der Waals surface area contributed by atoms with Crippen molar-refractivity contribution in [3.8, 4) is 11.8 Å². The van der Waals surface area contributed by atoms with Gasteiger partial charge in [0.05, 0.1) is 17.2 Å². The van der Waals surface area contributed by atoms with Crippen molar-refractivity contribution in [1.29, 1.82) is 5.26 Å². The molecule has 2 aromatic carbocycles. The number of benzene rings is 2. The Morgan fingerprint density at radius 1 is 1.07 bits per heavy atom. The fraction of sp³-hybridized carbons (Fsp3) is 0.316. The first-order valence-corrected chi connectivity index (χ1v) is 9.63. The fourth-order valence-corrected chi connectivity index (χ4v) is 3.92. The van der Waals surface area contributed by atoms with Crippen LogP contribution >= 0.6 is 0 Å². The average Bonchev–Trinajstić information content (AvgIpc) is 2.54. The Morgan fingerprint density at radius 2 is 1.68 bits per heavy atom. The average molecular weight is 412 g/mol. The van der Waals surface area contributed by atoms with E-state index in [4.69, 9.17) is 5.26 Å². The van der Waals surface area contributed by atoms with E-state index in [-0.39, 0.29) is 5.69 Å². The molecule has 2 rings (SSSR count). The number of nitriles is 1. The first kappa shape index (κ1) is 21.6. The Hall–Kier alpha value is -2.73. The number of nitrogens with one attached hydrogen (secondary N) is 1. The molecule has 0 unspecified atom stereocenters. The van der Waals surface area contributed by atoms with E-state index in [1.807, 2.05) is 4.72 Å². The first-order chi connectivity index (χ1) is 12.7. The highest BCUT2D eigenvalue weighted by molar-refractivity contribution is 7.92. The topological polar surface area (TPSA) is 90.2 Å². The number of hydrogen-bond donors (Lipinski definition) is 2. The molecule has 0 aliphatic carbocycles. The quantitative estimate of drug-likeness (QED) is 0.765. The minimum Gasteiger partial charge on any atom is -0.506 e. The number of rotatable bonds is 3. The van der Waals surface area contributed by atoms with Crippen molar-refractivity contribution in [3.05, 3.63) is 52.6 Å². The van der Waals surface area contributed by atoms with Crippen molar-refractivity contribution < 1.29 is 26.7 Å². The number of phenolic OH excluding ortho intramolecular Hbond substituents is 1. The molecule has 5 nitrogen and oxygen atoms in total. The molecule has 0 saturated heterocycles. The number of aryl methyl sites for hydroxylation is 1. The Morgan fingerprint density at radius 3 is 2.18 bits per heavy atom. The fourth-order valence-electron chi connectivity index (χ4n) is 2.67. The summed E-state index contributed by atoms with van der Waals surface area (Å²) in [6.07, 6.45) is -4.82. The van der Waals surface area contributed by atoms with Crippen LogP contribution in [0.2, 0.25) is 0 Å². The van der Waals surface area contributed by atoms with Crippen LogP contribution in [0, 0.1) is 18.3 Å². The maximum atomic E-state index is 13.1. The Kier molecular flexibility index (Phi) is 5.41. The van der Waals surface area contributed by atoms with Crippen LogP contribution in [-0.2, 0) is 21.6 Å². The number of halogens is 3. The molecule has 150 valence electrons. The van der Waals surface area contributed by atoms with Gasteiger partial charge in [0.1, 0.15) is 10.6 Å². The summed E-state index contributed by atoms with van der Waals surface area (Å²) in [4.78, 5) is -0.435. The van der Waals surface area contributed by atoms with E-state index in [1.54, 1.807) is 33.8 Å². The highest BCUT2D eigenvalue weighted by Gasteiger charge is 2.34. The Bertz CT molecular complexity index is 1060. The van der Waals surface area contributed by atoms with Crippen LogP contribution in [0.4, 0.5) is 18.9 Å². The van der Waals surface area contributed by atoms with Crippen molar-refractivity contribution >= 4 is 15.7 Å². The van der Waals surface area contributed by atoms with Crippen LogP contribution in [0.15, 0.2) is 35.2 Å². The number of anilines is 1. The standard InChI is InChI=1S/C19H19F3N2O3S/c1-11-7-15(18(2,3)4)17(25)16(8-11)28(26,27)24-13-6-5-12(10-23)14(9-13)19(20,21)22/h5-9,24-25H,1-4H3. The lowest BCUT2D eigenvalue weighted by Gasteiger charge is -2.23. The SMILES string of the molecule is Cc1cc(C(C)(C)C)c(O)c(S(=O)(=O)Nc2ccc(C#N)c(C(F)(F)F)c2)c1. The zero-order valence-electron chi connectivity index (χ0n) is 15.6. The molecule has 0 heterocycles. The number of alkyl halides is 3. The third kappa shape index (κ3) is 4.39. The lowest BCUT2D eigenvalue weighted by Crippen LogP contribution is -2.18. The third-order valence-corrected chi connectivity index (χ3v) is 5.41. The molecule has 0 fully saturated rings. The predicted molar refractivity (Wildman–Crippen MR) is 98.5 cm³/mol. The van der Waals surface area contributed by atoms with Crippen LogP contribution in [0.25, 0.3) is 0 Å². The second-order valence-corrected chi connectivity index (χ2v) is 9.04. The van der Waals surface area contributed by atoms with Gasteiger partial charge in [0, 0.05) is 11.3 Å². The van der Waals surface area contributed by atoms with Crippen molar-refractivity contribution in [1.82, 2.24) is 0 Å². The number of aromatic hydroxyl groups is 1. The monoisotopic (exact) mass is 412 g/mol. The Labute approximate surface area is 161 Å². The molecule has 0 bridgehead atoms. The minimum absolute atomic E-state index is 0.371. The predicted octanol–water partition coefficient (Wildman–Crippen LogP) is 4.69. The van der Waals surface area contributed by atoms with Gasteiger partial charge in [-0.3, -0.25) is 4.72 Å². The van der Waals surface area contributed by atoms with E-state index in [9.17, 15) is 26.7 Å². The second-order valence-electron chi connectivity index (χ2n) is 7.38. The highest BCUT2D eigenvalue weighted by Crippen LogP contribution is 2.38. The lowest BCUT2D eigenvalue weighted by molar-refractivity contribution is -0.137. The van der Waals surface area contributed by atoms with Crippen LogP contribution in [0.5, 0.6) is 5.75 Å². The van der Waals surface area contributed by atoms with Gasteiger partial charge in [-0.2, -0.15) is 18.4 Å². The largest absolute Gasteiger partial charge is 0.506 e. The molecule has 0 aromatic heterocycles. The summed E-state index contributed by atoms with van der Waals surface area (Å²) in [6, 6.07) is 6.81. The minimum atomic E-state index is -4.82. The van der Waals surface area contributed by atoms with Gasteiger partial charge in [0.15, 0.2) is 0 Å². The first-order valence-electron chi connectivity index (χ1n) is 8.15. The van der Waals surface area contributed by atoms with E-state index in [1.165, 1.54) is 12.1 Å². The molecule has 0 amide bonds. The normalized spacial score (nSPS) is 12.5. The summed E-state index contributed by atoms with van der Waals surface area (Å²) in [5.74, 6) is -0.463. The lowest BCUT2D eigenvalue weighted by atomic mass is 9.85. The van der Waals surface area contributed by atoms with Gasteiger partial charge in [0.25, 0.3) is 10.0 Å². The molecular weight excluding hydrogens is 393 g/mol. The van der Waals surface area contributed by atoms with Crippen LogP contribution in [0.1, 0.15) is 43.0 Å². The van der Waals surface area contributed by atoms with Gasteiger partial charge in [-0.05, 0) is 42.2 Å². The number of sulfonamides is 1. The summed E-state index contributed by atoms with van der Waals surface area (Å²) in [6.45, 7) is 7.03. The number of nitrogens with zero attached hydrogens (tertiary/aromatic N) is 1. The van der Waals surface area contributed by atoms with Crippen molar-refractivity contribution in [2.45, 2.75) is 44.2 Å². The third-order valence-electron chi connectivity index (χ3n) is 4.01. The van der Waals surface area contributed by atoms with Gasteiger partial charge in [0.2, 0.25) is 0 Å². The molecule has 2 N–H and O–H groups in total. The molecule has 0 aliphatic heterocycles. The Balaban J connectivity index is 2.57. The van der Waals surface area contributed by atoms with Crippen molar-refractivity contribution in [2.24, 2.45) is 0 Å². The highest BCUT2D eigenvalue weighted by atomic mass is 32.2. The van der Waals surface area contributed by atoms with Gasteiger partial charge in [-0.1, -0.05) is 26.8 Å². The number of hydrogen-bond acceptors (Lipinski definition) is 4. The van der Waals surface area contributed by atoms with Crippen LogP contribution in [0.3, 0.4) is 0 Å². The van der Waals surface area contributed by atoms with E-state index < -0.39 is 43.4 Å². The molecule has 0 saturated carbocycles.